The van der Waals surface area contributed by atoms with Crippen LogP contribution in [-0.2, 0) is 16.0 Å². The molecular weight excluding hydrogens is 428 g/mol. The molecule has 1 saturated heterocycles. The molecule has 7 nitrogen and oxygen atoms in total. The Hall–Kier alpha value is -3.61. The maximum absolute atomic E-state index is 13.0. The highest BCUT2D eigenvalue weighted by atomic mass is 16.2. The van der Waals surface area contributed by atoms with Gasteiger partial charge >= 0.3 is 0 Å². The molecule has 1 unspecified atom stereocenters. The van der Waals surface area contributed by atoms with Crippen molar-refractivity contribution in [3.63, 3.8) is 0 Å². The normalized spacial score (nSPS) is 17.5. The van der Waals surface area contributed by atoms with Gasteiger partial charge in [-0.25, -0.2) is 0 Å². The van der Waals surface area contributed by atoms with E-state index in [9.17, 15) is 14.4 Å². The number of nitrogens with one attached hydrogen (secondary N) is 2. The molecule has 3 heterocycles. The lowest BCUT2D eigenvalue weighted by atomic mass is 10.1. The average molecular weight is 459 g/mol. The molecule has 2 N–H and O–H groups in total. The van der Waals surface area contributed by atoms with Crippen LogP contribution in [0.5, 0.6) is 0 Å². The van der Waals surface area contributed by atoms with E-state index in [-0.39, 0.29) is 17.7 Å². The smallest absolute Gasteiger partial charge is 0.256 e. The molecule has 5 rings (SSSR count). The van der Waals surface area contributed by atoms with E-state index in [1.165, 1.54) is 16.5 Å². The molecule has 3 aromatic rings. The SMILES string of the molecule is CC(C)n1cc(CCCC(=O)Nc2ccc3c(c2)C(=O)N2CCCC2C(=O)N3)c2ccccc21. The van der Waals surface area contributed by atoms with Crippen LogP contribution in [0, 0.1) is 0 Å². The number of benzene rings is 2. The van der Waals surface area contributed by atoms with Gasteiger partial charge in [-0.15, -0.1) is 0 Å². The number of fused-ring (bicyclic) bond motifs is 3. The Bertz CT molecular complexity index is 1280. The lowest BCUT2D eigenvalue weighted by Crippen LogP contribution is -2.40. The molecule has 0 saturated carbocycles. The minimum atomic E-state index is -0.403. The second-order valence-corrected chi connectivity index (χ2v) is 9.48. The third-order valence-electron chi connectivity index (χ3n) is 6.84. The van der Waals surface area contributed by atoms with E-state index in [4.69, 9.17) is 0 Å². The number of rotatable bonds is 6. The summed E-state index contributed by atoms with van der Waals surface area (Å²) in [4.78, 5) is 39.7. The molecule has 2 aliphatic rings. The molecule has 0 aliphatic carbocycles. The average Bonchev–Trinajstić information content (AvgIpc) is 3.43. The van der Waals surface area contributed by atoms with Crippen molar-refractivity contribution in [3.8, 4) is 0 Å². The second kappa shape index (κ2) is 8.97. The zero-order valence-corrected chi connectivity index (χ0v) is 19.6. The van der Waals surface area contributed by atoms with Crippen molar-refractivity contribution >= 4 is 40.0 Å². The topological polar surface area (TPSA) is 83.4 Å². The van der Waals surface area contributed by atoms with Crippen molar-refractivity contribution < 1.29 is 14.4 Å². The Labute approximate surface area is 199 Å². The van der Waals surface area contributed by atoms with Gasteiger partial charge in [0.15, 0.2) is 0 Å². The summed E-state index contributed by atoms with van der Waals surface area (Å²) in [5, 5.41) is 7.03. The van der Waals surface area contributed by atoms with Crippen molar-refractivity contribution in [2.45, 2.75) is 58.0 Å². The van der Waals surface area contributed by atoms with E-state index >= 15 is 0 Å². The summed E-state index contributed by atoms with van der Waals surface area (Å²) in [5.41, 5.74) is 3.98. The van der Waals surface area contributed by atoms with Gasteiger partial charge in [-0.1, -0.05) is 18.2 Å². The van der Waals surface area contributed by atoms with E-state index in [0.29, 0.717) is 42.4 Å². The first-order chi connectivity index (χ1) is 16.4. The Morgan fingerprint density at radius 3 is 2.82 bits per heavy atom. The van der Waals surface area contributed by atoms with Crippen molar-refractivity contribution in [1.82, 2.24) is 9.47 Å². The first-order valence-electron chi connectivity index (χ1n) is 12.1. The number of nitrogens with zero attached hydrogens (tertiary/aromatic N) is 2. The van der Waals surface area contributed by atoms with Crippen molar-refractivity contribution in [2.75, 3.05) is 17.2 Å². The molecule has 2 aliphatic heterocycles. The van der Waals surface area contributed by atoms with Crippen LogP contribution in [0.25, 0.3) is 10.9 Å². The summed E-state index contributed by atoms with van der Waals surface area (Å²) >= 11 is 0. The number of carbonyl (C=O) groups is 3. The summed E-state index contributed by atoms with van der Waals surface area (Å²) in [6, 6.07) is 13.5. The van der Waals surface area contributed by atoms with Gasteiger partial charge < -0.3 is 20.1 Å². The minimum Gasteiger partial charge on any atom is -0.345 e. The Morgan fingerprint density at radius 1 is 1.18 bits per heavy atom. The number of aromatic nitrogens is 1. The van der Waals surface area contributed by atoms with Crippen molar-refractivity contribution in [1.29, 1.82) is 0 Å². The highest BCUT2D eigenvalue weighted by molar-refractivity contribution is 6.11. The third-order valence-corrected chi connectivity index (χ3v) is 6.84. The van der Waals surface area contributed by atoms with Crippen LogP contribution in [0.4, 0.5) is 11.4 Å². The maximum atomic E-state index is 13.0. The van der Waals surface area contributed by atoms with E-state index in [1.54, 1.807) is 23.1 Å². The molecule has 1 aromatic heterocycles. The van der Waals surface area contributed by atoms with Gasteiger partial charge in [-0.05, 0) is 69.4 Å². The van der Waals surface area contributed by atoms with E-state index in [1.807, 2.05) is 0 Å². The van der Waals surface area contributed by atoms with Crippen LogP contribution >= 0.6 is 0 Å². The molecule has 1 fully saturated rings. The van der Waals surface area contributed by atoms with Crippen LogP contribution in [0.3, 0.4) is 0 Å². The van der Waals surface area contributed by atoms with Gasteiger partial charge in [0.05, 0.1) is 11.3 Å². The number of hydrogen-bond acceptors (Lipinski definition) is 3. The molecule has 0 radical (unpaired) electrons. The number of para-hydroxylation sites is 1. The predicted octanol–water partition coefficient (Wildman–Crippen LogP) is 4.74. The van der Waals surface area contributed by atoms with Crippen LogP contribution in [0.1, 0.15) is 61.5 Å². The van der Waals surface area contributed by atoms with Gasteiger partial charge in [-0.3, -0.25) is 14.4 Å². The summed E-state index contributed by atoms with van der Waals surface area (Å²) in [6.07, 6.45) is 5.64. The van der Waals surface area contributed by atoms with Gasteiger partial charge in [0.1, 0.15) is 6.04 Å². The first-order valence-corrected chi connectivity index (χ1v) is 12.1. The predicted molar refractivity (Wildman–Crippen MR) is 133 cm³/mol. The number of anilines is 2. The number of hydrogen-bond donors (Lipinski definition) is 2. The van der Waals surface area contributed by atoms with Gasteiger partial charge in [0.25, 0.3) is 5.91 Å². The second-order valence-electron chi connectivity index (χ2n) is 9.48. The monoisotopic (exact) mass is 458 g/mol. The molecule has 34 heavy (non-hydrogen) atoms. The number of amides is 3. The zero-order chi connectivity index (χ0) is 23.8. The van der Waals surface area contributed by atoms with Gasteiger partial charge in [-0.2, -0.15) is 0 Å². The van der Waals surface area contributed by atoms with E-state index < -0.39 is 6.04 Å². The summed E-state index contributed by atoms with van der Waals surface area (Å²) < 4.78 is 2.28. The summed E-state index contributed by atoms with van der Waals surface area (Å²) in [6.45, 7) is 4.93. The molecule has 0 spiro atoms. The molecule has 1 atom stereocenters. The Balaban J connectivity index is 1.24. The van der Waals surface area contributed by atoms with Crippen LogP contribution < -0.4 is 10.6 Å². The zero-order valence-electron chi connectivity index (χ0n) is 19.6. The maximum Gasteiger partial charge on any atom is 0.256 e. The van der Waals surface area contributed by atoms with Crippen LogP contribution in [0.2, 0.25) is 0 Å². The highest BCUT2D eigenvalue weighted by Crippen LogP contribution is 2.31. The fourth-order valence-corrected chi connectivity index (χ4v) is 5.13. The lowest BCUT2D eigenvalue weighted by Gasteiger charge is -2.20. The Morgan fingerprint density at radius 2 is 2.00 bits per heavy atom. The quantitative estimate of drug-likeness (QED) is 0.560. The number of carbonyl (C=O) groups excluding carboxylic acids is 3. The van der Waals surface area contributed by atoms with Gasteiger partial charge in [0.2, 0.25) is 11.8 Å². The first kappa shape index (κ1) is 22.2. The fourth-order valence-electron chi connectivity index (χ4n) is 5.13. The fraction of sp³-hybridized carbons (Fsp3) is 0.370. The molecule has 2 aromatic carbocycles. The minimum absolute atomic E-state index is 0.0864. The standard InChI is InChI=1S/C27H30N4O3/c1-17(2)31-16-18(20-8-3-4-9-23(20)31)7-5-11-25(32)28-19-12-13-22-21(15-19)27(34)30-14-6-10-24(30)26(33)29-22/h3-4,8-9,12-13,15-17,24H,5-7,10-11,14H2,1-2H3,(H,28,32)(H,29,33). The number of aryl methyl sites for hydroxylation is 1. The lowest BCUT2D eigenvalue weighted by molar-refractivity contribution is -0.119. The highest BCUT2D eigenvalue weighted by Gasteiger charge is 2.38. The summed E-state index contributed by atoms with van der Waals surface area (Å²) in [5.74, 6) is -0.384. The van der Waals surface area contributed by atoms with Crippen LogP contribution in [-0.4, -0.2) is 39.8 Å². The largest absolute Gasteiger partial charge is 0.345 e. The van der Waals surface area contributed by atoms with E-state index in [0.717, 1.165) is 19.3 Å². The molecule has 176 valence electrons. The van der Waals surface area contributed by atoms with Gasteiger partial charge in [0, 0.05) is 41.8 Å². The molecule has 3 amide bonds. The van der Waals surface area contributed by atoms with Crippen molar-refractivity contribution in [2.24, 2.45) is 0 Å². The molecule has 7 heteroatoms. The van der Waals surface area contributed by atoms with Crippen LogP contribution in [0.15, 0.2) is 48.7 Å². The Kier molecular flexibility index (Phi) is 5.86. The summed E-state index contributed by atoms with van der Waals surface area (Å²) in [7, 11) is 0. The van der Waals surface area contributed by atoms with Crippen molar-refractivity contribution in [3.05, 3.63) is 59.8 Å². The molecule has 0 bridgehead atoms. The van der Waals surface area contributed by atoms with E-state index in [2.05, 4.69) is 59.5 Å². The third kappa shape index (κ3) is 4.06. The molecular formula is C27H30N4O3.